The van der Waals surface area contributed by atoms with Crippen LogP contribution in [-0.2, 0) is 9.53 Å². The first-order valence-corrected chi connectivity index (χ1v) is 6.76. The van der Waals surface area contributed by atoms with E-state index in [-0.39, 0.29) is 11.8 Å². The van der Waals surface area contributed by atoms with E-state index in [1.54, 1.807) is 12.1 Å². The number of hydrogen-bond donors (Lipinski definition) is 2. The van der Waals surface area contributed by atoms with Gasteiger partial charge in [0.15, 0.2) is 0 Å². The van der Waals surface area contributed by atoms with E-state index in [4.69, 9.17) is 4.74 Å². The molecule has 1 heterocycles. The molecule has 5 nitrogen and oxygen atoms in total. The molecule has 1 amide bonds. The molecule has 20 heavy (non-hydrogen) atoms. The van der Waals surface area contributed by atoms with E-state index in [0.717, 1.165) is 18.4 Å². The first-order valence-electron chi connectivity index (χ1n) is 6.76. The molecule has 1 aromatic rings. The largest absolute Gasteiger partial charge is 0.480 e. The monoisotopic (exact) mass is 277 g/mol. The second kappa shape index (κ2) is 6.52. The molecule has 2 N–H and O–H groups in total. The number of carbonyl (C=O) groups is 2. The lowest BCUT2D eigenvalue weighted by Crippen LogP contribution is -2.48. The lowest BCUT2D eigenvalue weighted by atomic mass is 9.93. The summed E-state index contributed by atoms with van der Waals surface area (Å²) in [6.45, 7) is 2.97. The number of benzene rings is 1. The molecule has 108 valence electrons. The average Bonchev–Trinajstić information content (AvgIpc) is 2.46. The van der Waals surface area contributed by atoms with Crippen LogP contribution < -0.4 is 5.32 Å². The predicted molar refractivity (Wildman–Crippen MR) is 73.6 cm³/mol. The zero-order valence-electron chi connectivity index (χ0n) is 11.5. The normalized spacial score (nSPS) is 20.1. The van der Waals surface area contributed by atoms with Crippen LogP contribution in [0.2, 0.25) is 0 Å². The van der Waals surface area contributed by atoms with Crippen LogP contribution in [0, 0.1) is 12.8 Å². The molecule has 1 aliphatic rings. The molecule has 5 heteroatoms. The number of carboxylic acids is 1. The molecule has 1 aromatic carbocycles. The number of amides is 1. The Morgan fingerprint density at radius 3 is 2.60 bits per heavy atom. The zero-order valence-corrected chi connectivity index (χ0v) is 11.5. The fraction of sp³-hybridized carbons (Fsp3) is 0.467. The van der Waals surface area contributed by atoms with E-state index in [9.17, 15) is 14.7 Å². The Balaban J connectivity index is 2.05. The van der Waals surface area contributed by atoms with Gasteiger partial charge in [0.25, 0.3) is 5.91 Å². The molecule has 1 aliphatic heterocycles. The van der Waals surface area contributed by atoms with Crippen LogP contribution in [0.4, 0.5) is 0 Å². The number of carbonyl (C=O) groups excluding carboxylic acids is 1. The highest BCUT2D eigenvalue weighted by atomic mass is 16.5. The zero-order chi connectivity index (χ0) is 14.5. The van der Waals surface area contributed by atoms with Crippen molar-refractivity contribution in [3.8, 4) is 0 Å². The molecular weight excluding hydrogens is 258 g/mol. The van der Waals surface area contributed by atoms with Gasteiger partial charge in [0, 0.05) is 18.1 Å². The summed E-state index contributed by atoms with van der Waals surface area (Å²) in [5.41, 5.74) is 1.52. The van der Waals surface area contributed by atoms with Gasteiger partial charge in [-0.15, -0.1) is 0 Å². The number of aliphatic carboxylic acids is 1. The van der Waals surface area contributed by atoms with Crippen LogP contribution in [0.25, 0.3) is 0 Å². The van der Waals surface area contributed by atoms with E-state index in [0.29, 0.717) is 18.8 Å². The number of nitrogens with one attached hydrogen (secondary N) is 1. The Kier molecular flexibility index (Phi) is 4.74. The molecule has 2 unspecified atom stereocenters. The van der Waals surface area contributed by atoms with Crippen molar-refractivity contribution in [1.82, 2.24) is 5.32 Å². The van der Waals surface area contributed by atoms with Crippen molar-refractivity contribution in [1.29, 1.82) is 0 Å². The summed E-state index contributed by atoms with van der Waals surface area (Å²) in [7, 11) is 0. The number of ether oxygens (including phenoxy) is 1. The van der Waals surface area contributed by atoms with Gasteiger partial charge in [0.2, 0.25) is 0 Å². The maximum atomic E-state index is 12.1. The van der Waals surface area contributed by atoms with E-state index < -0.39 is 12.0 Å². The van der Waals surface area contributed by atoms with Crippen molar-refractivity contribution >= 4 is 11.9 Å². The van der Waals surface area contributed by atoms with Gasteiger partial charge < -0.3 is 15.2 Å². The van der Waals surface area contributed by atoms with Gasteiger partial charge in [-0.3, -0.25) is 4.79 Å². The number of aryl methyl sites for hydroxylation is 1. The minimum Gasteiger partial charge on any atom is -0.480 e. The van der Waals surface area contributed by atoms with Gasteiger partial charge in [0.05, 0.1) is 6.61 Å². The molecule has 0 spiro atoms. The lowest BCUT2D eigenvalue weighted by Gasteiger charge is -2.28. The Labute approximate surface area is 117 Å². The minimum absolute atomic E-state index is 0.171. The van der Waals surface area contributed by atoms with Crippen LogP contribution in [0.15, 0.2) is 24.3 Å². The topological polar surface area (TPSA) is 75.6 Å². The SMILES string of the molecule is Cc1ccc(C(=O)NC(C(=O)O)C2CCCOC2)cc1. The summed E-state index contributed by atoms with van der Waals surface area (Å²) in [5, 5.41) is 11.9. The van der Waals surface area contributed by atoms with Crippen LogP contribution in [0.5, 0.6) is 0 Å². The third-order valence-electron chi connectivity index (χ3n) is 3.53. The van der Waals surface area contributed by atoms with Crippen molar-refractivity contribution in [2.24, 2.45) is 5.92 Å². The highest BCUT2D eigenvalue weighted by Gasteiger charge is 2.31. The fourth-order valence-electron chi connectivity index (χ4n) is 2.34. The number of carboxylic acid groups (broad SMARTS) is 1. The van der Waals surface area contributed by atoms with Crippen LogP contribution >= 0.6 is 0 Å². The van der Waals surface area contributed by atoms with E-state index >= 15 is 0 Å². The fourth-order valence-corrected chi connectivity index (χ4v) is 2.34. The van der Waals surface area contributed by atoms with Gasteiger partial charge in [-0.1, -0.05) is 17.7 Å². The summed E-state index contributed by atoms with van der Waals surface area (Å²) < 4.78 is 5.30. The Morgan fingerprint density at radius 1 is 1.35 bits per heavy atom. The Bertz CT molecular complexity index is 477. The standard InChI is InChI=1S/C15H19NO4/c1-10-4-6-11(7-5-10)14(17)16-13(15(18)19)12-3-2-8-20-9-12/h4-7,12-13H,2-3,8-9H2,1H3,(H,16,17)(H,18,19). The molecule has 0 aliphatic carbocycles. The van der Waals surface area contributed by atoms with Crippen LogP contribution in [-0.4, -0.2) is 36.2 Å². The van der Waals surface area contributed by atoms with Crippen LogP contribution in [0.1, 0.15) is 28.8 Å². The average molecular weight is 277 g/mol. The van der Waals surface area contributed by atoms with Gasteiger partial charge in [0.1, 0.15) is 6.04 Å². The van der Waals surface area contributed by atoms with Gasteiger partial charge in [-0.2, -0.15) is 0 Å². The van der Waals surface area contributed by atoms with Crippen molar-refractivity contribution in [3.05, 3.63) is 35.4 Å². The molecule has 2 rings (SSSR count). The Morgan fingerprint density at radius 2 is 2.05 bits per heavy atom. The molecule has 2 atom stereocenters. The molecule has 0 bridgehead atoms. The summed E-state index contributed by atoms with van der Waals surface area (Å²) in [6.07, 6.45) is 1.58. The second-order valence-electron chi connectivity index (χ2n) is 5.13. The summed E-state index contributed by atoms with van der Waals surface area (Å²) in [4.78, 5) is 23.4. The first kappa shape index (κ1) is 14.5. The van der Waals surface area contributed by atoms with Crippen molar-refractivity contribution in [2.45, 2.75) is 25.8 Å². The highest BCUT2D eigenvalue weighted by Crippen LogP contribution is 2.18. The number of rotatable bonds is 4. The van der Waals surface area contributed by atoms with E-state index in [1.807, 2.05) is 19.1 Å². The minimum atomic E-state index is -1.01. The molecule has 1 saturated heterocycles. The highest BCUT2D eigenvalue weighted by molar-refractivity contribution is 5.96. The third kappa shape index (κ3) is 3.57. The summed E-state index contributed by atoms with van der Waals surface area (Å²) in [5.74, 6) is -1.54. The molecule has 0 saturated carbocycles. The second-order valence-corrected chi connectivity index (χ2v) is 5.13. The third-order valence-corrected chi connectivity index (χ3v) is 3.53. The van der Waals surface area contributed by atoms with Crippen molar-refractivity contribution in [3.63, 3.8) is 0 Å². The first-order chi connectivity index (χ1) is 9.58. The summed E-state index contributed by atoms with van der Waals surface area (Å²) >= 11 is 0. The maximum Gasteiger partial charge on any atom is 0.326 e. The quantitative estimate of drug-likeness (QED) is 0.876. The van der Waals surface area contributed by atoms with Crippen molar-refractivity contribution in [2.75, 3.05) is 13.2 Å². The van der Waals surface area contributed by atoms with Gasteiger partial charge in [-0.05, 0) is 31.9 Å². The molecular formula is C15H19NO4. The Hall–Kier alpha value is -1.88. The molecule has 0 aromatic heterocycles. The van der Waals surface area contributed by atoms with Crippen molar-refractivity contribution < 1.29 is 19.4 Å². The van der Waals surface area contributed by atoms with E-state index in [1.165, 1.54) is 0 Å². The lowest BCUT2D eigenvalue weighted by molar-refractivity contribution is -0.142. The molecule has 0 radical (unpaired) electrons. The predicted octanol–water partition coefficient (Wildman–Crippen LogP) is 1.60. The van der Waals surface area contributed by atoms with Gasteiger partial charge >= 0.3 is 5.97 Å². The smallest absolute Gasteiger partial charge is 0.326 e. The maximum absolute atomic E-state index is 12.1. The number of hydrogen-bond acceptors (Lipinski definition) is 3. The summed E-state index contributed by atoms with van der Waals surface area (Å²) in [6, 6.07) is 6.15. The van der Waals surface area contributed by atoms with Gasteiger partial charge in [-0.25, -0.2) is 4.79 Å². The van der Waals surface area contributed by atoms with Crippen LogP contribution in [0.3, 0.4) is 0 Å². The van der Waals surface area contributed by atoms with E-state index in [2.05, 4.69) is 5.32 Å². The molecule has 1 fully saturated rings.